The molecule has 0 radical (unpaired) electrons. The van der Waals surface area contributed by atoms with E-state index in [4.69, 9.17) is 0 Å². The minimum atomic E-state index is -0.576. The van der Waals surface area contributed by atoms with Crippen LogP contribution in [0.4, 0.5) is 0 Å². The van der Waals surface area contributed by atoms with Crippen molar-refractivity contribution < 1.29 is 14.7 Å². The van der Waals surface area contributed by atoms with Gasteiger partial charge >= 0.3 is 0 Å². The molecule has 1 saturated heterocycles. The van der Waals surface area contributed by atoms with E-state index in [-0.39, 0.29) is 36.6 Å². The van der Waals surface area contributed by atoms with Crippen LogP contribution in [0.3, 0.4) is 0 Å². The molecule has 2 aromatic rings. The summed E-state index contributed by atoms with van der Waals surface area (Å²) < 4.78 is 1.70. The molecule has 2 fully saturated rings. The molecule has 3 aliphatic rings. The minimum absolute atomic E-state index is 0.127. The maximum absolute atomic E-state index is 13.4. The van der Waals surface area contributed by atoms with Crippen LogP contribution in [0.2, 0.25) is 0 Å². The standard InChI is InChI=1S/C24H27N3O4/c1-14(29)27-20-12-26-19(10-9-17(24(26)31)16-5-3-2-4-6-16)22(27)21(18(20)13-28)23(30)25-11-15-7-8-15/h2-6,9-10,15,18,20-22,28H,7-8,11-13H2,1H3,(H,25,30)/t18-,20-,21+,22+/m0/s1. The number of nitrogens with one attached hydrogen (secondary N) is 1. The van der Waals surface area contributed by atoms with Gasteiger partial charge in [0.05, 0.1) is 18.0 Å². The molecule has 31 heavy (non-hydrogen) atoms. The number of aromatic nitrogens is 1. The molecule has 2 N–H and O–H groups in total. The third-order valence-electron chi connectivity index (χ3n) is 7.06. The molecule has 0 unspecified atom stereocenters. The smallest absolute Gasteiger partial charge is 0.258 e. The Morgan fingerprint density at radius 3 is 2.52 bits per heavy atom. The number of carbonyl (C=O) groups excluding carboxylic acids is 2. The lowest BCUT2D eigenvalue weighted by Gasteiger charge is -2.37. The summed E-state index contributed by atoms with van der Waals surface area (Å²) in [5.41, 5.74) is 1.97. The van der Waals surface area contributed by atoms with Crippen molar-refractivity contribution in [3.05, 3.63) is 58.5 Å². The van der Waals surface area contributed by atoms with E-state index in [0.717, 1.165) is 18.4 Å². The zero-order valence-corrected chi connectivity index (χ0v) is 17.5. The van der Waals surface area contributed by atoms with Crippen LogP contribution in [-0.2, 0) is 16.1 Å². The first-order valence-electron chi connectivity index (χ1n) is 11.0. The van der Waals surface area contributed by atoms with Gasteiger partial charge < -0.3 is 19.9 Å². The van der Waals surface area contributed by atoms with E-state index in [1.807, 2.05) is 36.4 Å². The number of fused-ring (bicyclic) bond motifs is 4. The Hall–Kier alpha value is -2.93. The fourth-order valence-corrected chi connectivity index (χ4v) is 5.36. The molecular formula is C24H27N3O4. The number of hydrogen-bond acceptors (Lipinski definition) is 4. The van der Waals surface area contributed by atoms with E-state index in [1.165, 1.54) is 6.92 Å². The van der Waals surface area contributed by atoms with Crippen molar-refractivity contribution in [1.29, 1.82) is 0 Å². The quantitative estimate of drug-likeness (QED) is 0.766. The average Bonchev–Trinajstić information content (AvgIpc) is 3.56. The van der Waals surface area contributed by atoms with Crippen LogP contribution in [-0.4, -0.2) is 45.6 Å². The Labute approximate surface area is 180 Å². The van der Waals surface area contributed by atoms with Crippen LogP contribution < -0.4 is 10.9 Å². The van der Waals surface area contributed by atoms with Crippen molar-refractivity contribution >= 4 is 11.8 Å². The highest BCUT2D eigenvalue weighted by Gasteiger charge is 2.56. The molecular weight excluding hydrogens is 394 g/mol. The summed E-state index contributed by atoms with van der Waals surface area (Å²) in [5, 5.41) is 13.2. The van der Waals surface area contributed by atoms with Gasteiger partial charge in [0.2, 0.25) is 11.8 Å². The lowest BCUT2D eigenvalue weighted by molar-refractivity contribution is -0.134. The fraction of sp³-hybridized carbons (Fsp3) is 0.458. The van der Waals surface area contributed by atoms with Crippen molar-refractivity contribution in [2.75, 3.05) is 13.2 Å². The summed E-state index contributed by atoms with van der Waals surface area (Å²) in [6.07, 6.45) is 2.25. The number of hydrogen-bond donors (Lipinski definition) is 2. The summed E-state index contributed by atoms with van der Waals surface area (Å²) in [7, 11) is 0. The lowest BCUT2D eigenvalue weighted by Crippen LogP contribution is -2.48. The van der Waals surface area contributed by atoms with Gasteiger partial charge in [-0.1, -0.05) is 30.3 Å². The predicted molar refractivity (Wildman–Crippen MR) is 115 cm³/mol. The molecule has 4 atom stereocenters. The normalized spacial score (nSPS) is 26.5. The minimum Gasteiger partial charge on any atom is -0.396 e. The molecule has 162 valence electrons. The second kappa shape index (κ2) is 7.64. The highest BCUT2D eigenvalue weighted by Crippen LogP contribution is 2.48. The van der Waals surface area contributed by atoms with Crippen LogP contribution in [0.15, 0.2) is 47.3 Å². The lowest BCUT2D eigenvalue weighted by atomic mass is 9.86. The first-order valence-corrected chi connectivity index (χ1v) is 11.0. The molecule has 5 rings (SSSR count). The van der Waals surface area contributed by atoms with Crippen molar-refractivity contribution in [3.8, 4) is 11.1 Å². The third-order valence-corrected chi connectivity index (χ3v) is 7.06. The highest BCUT2D eigenvalue weighted by atomic mass is 16.3. The van der Waals surface area contributed by atoms with Gasteiger partial charge in [0, 0.05) is 43.8 Å². The number of pyridine rings is 1. The number of carbonyl (C=O) groups is 2. The fourth-order valence-electron chi connectivity index (χ4n) is 5.36. The van der Waals surface area contributed by atoms with Crippen LogP contribution in [0.25, 0.3) is 11.1 Å². The Balaban J connectivity index is 1.59. The molecule has 1 saturated carbocycles. The summed E-state index contributed by atoms with van der Waals surface area (Å²) in [4.78, 5) is 40.9. The van der Waals surface area contributed by atoms with E-state index in [9.17, 15) is 19.5 Å². The van der Waals surface area contributed by atoms with Crippen LogP contribution in [0, 0.1) is 17.8 Å². The van der Waals surface area contributed by atoms with E-state index < -0.39 is 17.9 Å². The number of aliphatic hydroxyl groups is 1. The molecule has 7 heteroatoms. The molecule has 1 aliphatic carbocycles. The second-order valence-electron chi connectivity index (χ2n) is 8.95. The van der Waals surface area contributed by atoms with E-state index >= 15 is 0 Å². The highest BCUT2D eigenvalue weighted by molar-refractivity contribution is 5.83. The molecule has 1 aromatic heterocycles. The Kier molecular flexibility index (Phi) is 4.93. The monoisotopic (exact) mass is 421 g/mol. The van der Waals surface area contributed by atoms with E-state index in [0.29, 0.717) is 23.7 Å². The molecule has 1 aromatic carbocycles. The number of amides is 2. The topological polar surface area (TPSA) is 91.6 Å². The first-order chi connectivity index (χ1) is 15.0. The van der Waals surface area contributed by atoms with Crippen molar-refractivity contribution in [2.45, 2.75) is 38.4 Å². The van der Waals surface area contributed by atoms with Gasteiger partial charge in [-0.2, -0.15) is 0 Å². The third kappa shape index (κ3) is 3.28. The SMILES string of the molecule is CC(=O)N1[C@@H]2c3ccc(-c4ccccc4)c(=O)n3C[C@H]1[C@H](CO)[C@H]2C(=O)NCC1CC1. The zero-order valence-electron chi connectivity index (χ0n) is 17.5. The number of benzene rings is 1. The Morgan fingerprint density at radius 2 is 1.87 bits per heavy atom. The molecule has 2 amide bonds. The van der Waals surface area contributed by atoms with Crippen molar-refractivity contribution in [3.63, 3.8) is 0 Å². The van der Waals surface area contributed by atoms with Gasteiger partial charge in [-0.15, -0.1) is 0 Å². The molecule has 0 spiro atoms. The van der Waals surface area contributed by atoms with Gasteiger partial charge in [0.15, 0.2) is 0 Å². The maximum atomic E-state index is 13.4. The Bertz CT molecular complexity index is 1080. The van der Waals surface area contributed by atoms with Gasteiger partial charge in [-0.25, -0.2) is 0 Å². The van der Waals surface area contributed by atoms with Gasteiger partial charge in [0.25, 0.3) is 5.56 Å². The van der Waals surface area contributed by atoms with Crippen molar-refractivity contribution in [1.82, 2.24) is 14.8 Å². The largest absolute Gasteiger partial charge is 0.396 e. The first kappa shape index (κ1) is 20.0. The van der Waals surface area contributed by atoms with E-state index in [2.05, 4.69) is 5.32 Å². The average molecular weight is 421 g/mol. The summed E-state index contributed by atoms with van der Waals surface area (Å²) in [6.45, 7) is 2.19. The zero-order chi connectivity index (χ0) is 21.7. The second-order valence-corrected chi connectivity index (χ2v) is 8.95. The summed E-state index contributed by atoms with van der Waals surface area (Å²) in [6, 6.07) is 12.2. The van der Waals surface area contributed by atoms with Crippen LogP contribution >= 0.6 is 0 Å². The maximum Gasteiger partial charge on any atom is 0.258 e. The number of aliphatic hydroxyl groups excluding tert-OH is 1. The van der Waals surface area contributed by atoms with E-state index in [1.54, 1.807) is 15.5 Å². The number of nitrogens with zero attached hydrogens (tertiary/aromatic N) is 2. The molecule has 3 heterocycles. The Morgan fingerprint density at radius 1 is 1.13 bits per heavy atom. The van der Waals surface area contributed by atoms with Gasteiger partial charge in [-0.3, -0.25) is 14.4 Å². The van der Waals surface area contributed by atoms with Gasteiger partial charge in [0.1, 0.15) is 0 Å². The molecule has 2 aliphatic heterocycles. The summed E-state index contributed by atoms with van der Waals surface area (Å²) >= 11 is 0. The van der Waals surface area contributed by atoms with Crippen LogP contribution in [0.1, 0.15) is 31.5 Å². The molecule has 2 bridgehead atoms. The predicted octanol–water partition coefficient (Wildman–Crippen LogP) is 1.55. The number of rotatable bonds is 5. The molecule has 7 nitrogen and oxygen atoms in total. The van der Waals surface area contributed by atoms with Crippen molar-refractivity contribution in [2.24, 2.45) is 17.8 Å². The van der Waals surface area contributed by atoms with Crippen LogP contribution in [0.5, 0.6) is 0 Å². The van der Waals surface area contributed by atoms with Gasteiger partial charge in [-0.05, 0) is 36.5 Å². The summed E-state index contributed by atoms with van der Waals surface area (Å²) in [5.74, 6) is -0.736.